The number of hydrogen-bond donors (Lipinski definition) is 0. The summed E-state index contributed by atoms with van der Waals surface area (Å²) >= 11 is 0. The van der Waals surface area contributed by atoms with Gasteiger partial charge in [0, 0.05) is 24.7 Å². The molecular weight excluding hydrogens is 373 g/mol. The van der Waals surface area contributed by atoms with Crippen molar-refractivity contribution in [1.82, 2.24) is 4.90 Å². The van der Waals surface area contributed by atoms with Crippen molar-refractivity contribution in [3.8, 4) is 5.75 Å². The van der Waals surface area contributed by atoms with Crippen LogP contribution >= 0.6 is 0 Å². The number of hydrogen-bond acceptors (Lipinski definition) is 3. The van der Waals surface area contributed by atoms with Gasteiger partial charge in [-0.2, -0.15) is 13.2 Å². The van der Waals surface area contributed by atoms with Gasteiger partial charge in [0.25, 0.3) is 0 Å². The minimum absolute atomic E-state index is 0.0716. The molecule has 0 N–H and O–H groups in total. The number of ether oxygens (including phenoxy) is 1. The third kappa shape index (κ3) is 4.77. The zero-order chi connectivity index (χ0) is 20.5. The number of carbonyl (C=O) groups excluding carboxylic acids is 2. The van der Waals surface area contributed by atoms with Crippen LogP contribution in [-0.2, 0) is 9.59 Å². The van der Waals surface area contributed by atoms with Crippen molar-refractivity contribution >= 4 is 17.5 Å². The Morgan fingerprint density at radius 1 is 1.29 bits per heavy atom. The molecule has 1 saturated carbocycles. The van der Waals surface area contributed by atoms with Gasteiger partial charge < -0.3 is 14.5 Å². The van der Waals surface area contributed by atoms with E-state index in [4.69, 9.17) is 4.74 Å². The van der Waals surface area contributed by atoms with Gasteiger partial charge in [-0.05, 0) is 56.9 Å². The maximum Gasteiger partial charge on any atom is 0.406 e. The molecule has 0 bridgehead atoms. The fourth-order valence-electron chi connectivity index (χ4n) is 3.69. The first-order valence-corrected chi connectivity index (χ1v) is 9.60. The first kappa shape index (κ1) is 20.5. The van der Waals surface area contributed by atoms with Gasteiger partial charge in [0.1, 0.15) is 12.3 Å². The summed E-state index contributed by atoms with van der Waals surface area (Å²) in [6.07, 6.45) is -2.86. The molecule has 1 aromatic carbocycles. The zero-order valence-corrected chi connectivity index (χ0v) is 16.0. The Balaban J connectivity index is 1.72. The number of anilines is 1. The van der Waals surface area contributed by atoms with Crippen LogP contribution in [0.3, 0.4) is 0 Å². The molecular formula is C20H25F3N2O3. The molecule has 154 valence electrons. The molecule has 2 aliphatic rings. The van der Waals surface area contributed by atoms with Crippen molar-refractivity contribution < 1.29 is 27.5 Å². The van der Waals surface area contributed by atoms with E-state index in [2.05, 4.69) is 0 Å². The van der Waals surface area contributed by atoms with Gasteiger partial charge in [0.15, 0.2) is 0 Å². The van der Waals surface area contributed by atoms with Crippen molar-refractivity contribution in [2.24, 2.45) is 11.8 Å². The fraction of sp³-hybridized carbons (Fsp3) is 0.600. The van der Waals surface area contributed by atoms with Crippen LogP contribution in [0.1, 0.15) is 33.1 Å². The van der Waals surface area contributed by atoms with Gasteiger partial charge in [-0.25, -0.2) is 0 Å². The van der Waals surface area contributed by atoms with Gasteiger partial charge in [0.05, 0.1) is 12.5 Å². The highest BCUT2D eigenvalue weighted by atomic mass is 19.4. The summed E-state index contributed by atoms with van der Waals surface area (Å²) in [5.74, 6) is -0.819. The number of rotatable bonds is 7. The number of carbonyl (C=O) groups is 2. The molecule has 1 heterocycles. The van der Waals surface area contributed by atoms with E-state index in [0.29, 0.717) is 18.0 Å². The van der Waals surface area contributed by atoms with Gasteiger partial charge in [-0.1, -0.05) is 0 Å². The molecule has 28 heavy (non-hydrogen) atoms. The van der Waals surface area contributed by atoms with Crippen LogP contribution in [0.2, 0.25) is 0 Å². The SMILES string of the molecule is CCOc1ccc(N2C[C@H](C(=O)N(CC(F)(F)F)[C@@H](C)C3CC3)CC2=O)cc1. The predicted octanol–water partition coefficient (Wildman–Crippen LogP) is 3.63. The molecule has 2 amide bonds. The molecule has 0 aromatic heterocycles. The topological polar surface area (TPSA) is 49.9 Å². The molecule has 2 atom stereocenters. The minimum atomic E-state index is -4.46. The summed E-state index contributed by atoms with van der Waals surface area (Å²) in [5.41, 5.74) is 0.612. The van der Waals surface area contributed by atoms with Crippen LogP contribution in [-0.4, -0.2) is 48.6 Å². The molecule has 1 aliphatic heterocycles. The molecule has 8 heteroatoms. The van der Waals surface area contributed by atoms with Crippen LogP contribution in [0.4, 0.5) is 18.9 Å². The number of benzene rings is 1. The second kappa shape index (κ2) is 8.01. The second-order valence-corrected chi connectivity index (χ2v) is 7.49. The average Bonchev–Trinajstić information content (AvgIpc) is 3.41. The summed E-state index contributed by atoms with van der Waals surface area (Å²) < 4.78 is 44.5. The third-order valence-electron chi connectivity index (χ3n) is 5.36. The van der Waals surface area contributed by atoms with E-state index in [-0.39, 0.29) is 24.8 Å². The summed E-state index contributed by atoms with van der Waals surface area (Å²) in [5, 5.41) is 0. The molecule has 0 radical (unpaired) electrons. The molecule has 0 unspecified atom stereocenters. The summed E-state index contributed by atoms with van der Waals surface area (Å²) in [6.45, 7) is 2.88. The third-order valence-corrected chi connectivity index (χ3v) is 5.36. The maximum absolute atomic E-state index is 13.0. The Labute approximate surface area is 162 Å². The van der Waals surface area contributed by atoms with E-state index in [9.17, 15) is 22.8 Å². The van der Waals surface area contributed by atoms with Crippen LogP contribution in [0, 0.1) is 11.8 Å². The molecule has 0 spiro atoms. The van der Waals surface area contributed by atoms with Crippen molar-refractivity contribution in [2.75, 3.05) is 24.6 Å². The van der Waals surface area contributed by atoms with Crippen LogP contribution in [0.5, 0.6) is 5.75 Å². The number of nitrogens with zero attached hydrogens (tertiary/aromatic N) is 2. The Hall–Kier alpha value is -2.25. The standard InChI is InChI=1S/C20H25F3N2O3/c1-3-28-17-8-6-16(7-9-17)24-11-15(10-18(24)26)19(27)25(12-20(21,22)23)13(2)14-4-5-14/h6-9,13-15H,3-5,10-12H2,1-2H3/t13-,15+/m0/s1. The zero-order valence-electron chi connectivity index (χ0n) is 16.0. The van der Waals surface area contributed by atoms with Crippen molar-refractivity contribution in [3.05, 3.63) is 24.3 Å². The van der Waals surface area contributed by atoms with E-state index in [1.807, 2.05) is 6.92 Å². The van der Waals surface area contributed by atoms with Gasteiger partial charge >= 0.3 is 6.18 Å². The highest BCUT2D eigenvalue weighted by Gasteiger charge is 2.44. The van der Waals surface area contributed by atoms with Gasteiger partial charge in [-0.15, -0.1) is 0 Å². The molecule has 1 aromatic rings. The van der Waals surface area contributed by atoms with E-state index >= 15 is 0 Å². The van der Waals surface area contributed by atoms with Crippen LogP contribution in [0.15, 0.2) is 24.3 Å². The highest BCUT2D eigenvalue weighted by molar-refractivity contribution is 6.00. The second-order valence-electron chi connectivity index (χ2n) is 7.49. The summed E-state index contributed by atoms with van der Waals surface area (Å²) in [4.78, 5) is 27.7. The summed E-state index contributed by atoms with van der Waals surface area (Å²) in [6, 6.07) is 6.42. The molecule has 5 nitrogen and oxygen atoms in total. The van der Waals surface area contributed by atoms with E-state index in [0.717, 1.165) is 17.7 Å². The summed E-state index contributed by atoms with van der Waals surface area (Å²) in [7, 11) is 0. The Morgan fingerprint density at radius 3 is 2.46 bits per heavy atom. The lowest BCUT2D eigenvalue weighted by Gasteiger charge is -2.32. The first-order valence-electron chi connectivity index (χ1n) is 9.60. The number of halogens is 3. The van der Waals surface area contributed by atoms with Crippen LogP contribution < -0.4 is 9.64 Å². The molecule has 3 rings (SSSR count). The normalized spacial score (nSPS) is 21.0. The van der Waals surface area contributed by atoms with Crippen LogP contribution in [0.25, 0.3) is 0 Å². The largest absolute Gasteiger partial charge is 0.494 e. The van der Waals surface area contributed by atoms with Gasteiger partial charge in [0.2, 0.25) is 11.8 Å². The smallest absolute Gasteiger partial charge is 0.406 e. The van der Waals surface area contributed by atoms with E-state index in [1.54, 1.807) is 31.2 Å². The monoisotopic (exact) mass is 398 g/mol. The minimum Gasteiger partial charge on any atom is -0.494 e. The van der Waals surface area contributed by atoms with Crippen molar-refractivity contribution in [1.29, 1.82) is 0 Å². The molecule has 2 fully saturated rings. The van der Waals surface area contributed by atoms with Crippen molar-refractivity contribution in [2.45, 2.75) is 45.3 Å². The molecule has 1 saturated heterocycles. The van der Waals surface area contributed by atoms with E-state index in [1.165, 1.54) is 4.90 Å². The predicted molar refractivity (Wildman–Crippen MR) is 98.0 cm³/mol. The molecule has 1 aliphatic carbocycles. The maximum atomic E-state index is 13.0. The Morgan fingerprint density at radius 2 is 1.93 bits per heavy atom. The van der Waals surface area contributed by atoms with Gasteiger partial charge in [-0.3, -0.25) is 9.59 Å². The first-order chi connectivity index (χ1) is 13.2. The lowest BCUT2D eigenvalue weighted by molar-refractivity contribution is -0.168. The Bertz CT molecular complexity index is 716. The van der Waals surface area contributed by atoms with E-state index < -0.39 is 30.6 Å². The number of alkyl halides is 3. The lowest BCUT2D eigenvalue weighted by Crippen LogP contribution is -2.48. The highest BCUT2D eigenvalue weighted by Crippen LogP contribution is 2.37. The number of amides is 2. The average molecular weight is 398 g/mol. The fourth-order valence-corrected chi connectivity index (χ4v) is 3.69. The quantitative estimate of drug-likeness (QED) is 0.705. The Kier molecular flexibility index (Phi) is 5.86. The lowest BCUT2D eigenvalue weighted by atomic mass is 10.0. The van der Waals surface area contributed by atoms with Crippen molar-refractivity contribution in [3.63, 3.8) is 0 Å².